The van der Waals surface area contributed by atoms with Crippen LogP contribution in [0.2, 0.25) is 0 Å². The highest BCUT2D eigenvalue weighted by molar-refractivity contribution is 5.47. The fraction of sp³-hybridized carbons (Fsp3) is 0.455. The number of ether oxygens (including phenoxy) is 7. The maximum atomic E-state index is 6.63. The van der Waals surface area contributed by atoms with E-state index in [9.17, 15) is 0 Å². The van der Waals surface area contributed by atoms with E-state index in [1.807, 2.05) is 36.4 Å². The molecule has 7 nitrogen and oxygen atoms in total. The minimum atomic E-state index is -0.153. The van der Waals surface area contributed by atoms with Crippen molar-refractivity contribution in [2.24, 2.45) is 11.8 Å². The first-order chi connectivity index (χ1) is 14.3. The van der Waals surface area contributed by atoms with Crippen molar-refractivity contribution in [3.8, 4) is 23.0 Å². The Morgan fingerprint density at radius 1 is 0.690 bits per heavy atom. The van der Waals surface area contributed by atoms with Crippen molar-refractivity contribution in [2.75, 3.05) is 41.0 Å². The lowest BCUT2D eigenvalue weighted by Gasteiger charge is -2.23. The van der Waals surface area contributed by atoms with E-state index in [4.69, 9.17) is 33.2 Å². The van der Waals surface area contributed by atoms with Crippen LogP contribution in [0.15, 0.2) is 36.4 Å². The molecule has 0 aromatic heterocycles. The van der Waals surface area contributed by atoms with Gasteiger partial charge in [-0.3, -0.25) is 0 Å². The molecule has 0 saturated carbocycles. The van der Waals surface area contributed by atoms with E-state index in [1.165, 1.54) is 0 Å². The summed E-state index contributed by atoms with van der Waals surface area (Å²) in [5, 5.41) is 0. The smallest absolute Gasteiger partial charge is 0.231 e. The van der Waals surface area contributed by atoms with Crippen LogP contribution in [0.5, 0.6) is 23.0 Å². The average Bonchev–Trinajstić information content (AvgIpc) is 3.46. The number of hydrogen-bond donors (Lipinski definition) is 0. The van der Waals surface area contributed by atoms with Crippen LogP contribution in [0.4, 0.5) is 0 Å². The van der Waals surface area contributed by atoms with Crippen LogP contribution in [0, 0.1) is 11.8 Å². The molecule has 3 aliphatic heterocycles. The highest BCUT2D eigenvalue weighted by Gasteiger charge is 2.46. The molecule has 0 amide bonds. The molecule has 2 aromatic carbocycles. The Morgan fingerprint density at radius 2 is 1.14 bits per heavy atom. The summed E-state index contributed by atoms with van der Waals surface area (Å²) in [7, 11) is 3.43. The Hall–Kier alpha value is -2.48. The summed E-state index contributed by atoms with van der Waals surface area (Å²) in [5.41, 5.74) is 2.08. The van der Waals surface area contributed by atoms with Crippen LogP contribution in [0.1, 0.15) is 23.3 Å². The van der Waals surface area contributed by atoms with Crippen LogP contribution in [0.3, 0.4) is 0 Å². The molecule has 1 fully saturated rings. The van der Waals surface area contributed by atoms with E-state index < -0.39 is 0 Å². The number of hydrogen-bond acceptors (Lipinski definition) is 7. The Balaban J connectivity index is 1.50. The van der Waals surface area contributed by atoms with Gasteiger partial charge in [-0.05, 0) is 35.4 Å². The molecule has 29 heavy (non-hydrogen) atoms. The van der Waals surface area contributed by atoms with E-state index in [0.717, 1.165) is 34.1 Å². The number of fused-ring (bicyclic) bond motifs is 2. The molecule has 3 aliphatic rings. The van der Waals surface area contributed by atoms with Crippen molar-refractivity contribution in [1.82, 2.24) is 0 Å². The molecule has 0 spiro atoms. The van der Waals surface area contributed by atoms with Crippen molar-refractivity contribution in [1.29, 1.82) is 0 Å². The zero-order valence-electron chi connectivity index (χ0n) is 16.5. The first kappa shape index (κ1) is 18.5. The van der Waals surface area contributed by atoms with Gasteiger partial charge in [-0.2, -0.15) is 0 Å². The molecule has 2 aromatic rings. The minimum absolute atomic E-state index is 0.121. The number of benzene rings is 2. The van der Waals surface area contributed by atoms with Gasteiger partial charge in [0.25, 0.3) is 0 Å². The zero-order valence-corrected chi connectivity index (χ0v) is 16.5. The van der Waals surface area contributed by atoms with Gasteiger partial charge in [-0.15, -0.1) is 0 Å². The molecule has 0 aliphatic carbocycles. The summed E-state index contributed by atoms with van der Waals surface area (Å²) in [5.74, 6) is 3.26. The number of rotatable bonds is 6. The largest absolute Gasteiger partial charge is 0.454 e. The van der Waals surface area contributed by atoms with Gasteiger partial charge >= 0.3 is 0 Å². The van der Waals surface area contributed by atoms with E-state index >= 15 is 0 Å². The van der Waals surface area contributed by atoms with E-state index in [0.29, 0.717) is 13.2 Å². The summed E-state index contributed by atoms with van der Waals surface area (Å²) in [4.78, 5) is 0. The molecule has 1 saturated heterocycles. The first-order valence-electron chi connectivity index (χ1n) is 9.71. The van der Waals surface area contributed by atoms with Crippen LogP contribution in [0.25, 0.3) is 0 Å². The first-order valence-corrected chi connectivity index (χ1v) is 9.71. The summed E-state index contributed by atoms with van der Waals surface area (Å²) in [6.07, 6.45) is -0.306. The molecule has 3 heterocycles. The minimum Gasteiger partial charge on any atom is -0.454 e. The molecule has 5 rings (SSSR count). The molecule has 0 radical (unpaired) electrons. The fourth-order valence-electron chi connectivity index (χ4n) is 4.45. The third-order valence-electron chi connectivity index (χ3n) is 5.79. The van der Waals surface area contributed by atoms with Crippen molar-refractivity contribution >= 4 is 0 Å². The lowest BCUT2D eigenvalue weighted by molar-refractivity contribution is 0.0144. The molecule has 0 N–H and O–H groups in total. The van der Waals surface area contributed by atoms with E-state index in [2.05, 4.69) is 0 Å². The van der Waals surface area contributed by atoms with Crippen LogP contribution in [-0.2, 0) is 14.2 Å². The van der Waals surface area contributed by atoms with Gasteiger partial charge in [0.1, 0.15) is 0 Å². The standard InChI is InChI=1S/C22H24O7/c1-23-9-15-16(10-24-2)22(14-4-6-18-20(8-14)28-12-26-18)29-21(15)13-3-5-17-19(7-13)27-11-25-17/h3-8,15-16,21-22H,9-12H2,1-2H3/t15-,16+,21-,22-/m0/s1. The second kappa shape index (κ2) is 7.74. The Kier molecular flexibility index (Phi) is 4.95. The second-order valence-electron chi connectivity index (χ2n) is 7.44. The lowest BCUT2D eigenvalue weighted by atomic mass is 9.83. The zero-order chi connectivity index (χ0) is 19.8. The van der Waals surface area contributed by atoms with Crippen molar-refractivity contribution < 1.29 is 33.2 Å². The SMILES string of the molecule is COC[C@@H]1[C@H](COC)[C@H](c2ccc3c(c2)OCO3)O[C@H]1c1ccc2c(c1)OCO2. The summed E-state index contributed by atoms with van der Waals surface area (Å²) < 4.78 is 39.8. The van der Waals surface area contributed by atoms with Gasteiger partial charge in [0, 0.05) is 26.1 Å². The quantitative estimate of drug-likeness (QED) is 0.736. The van der Waals surface area contributed by atoms with Gasteiger partial charge in [-0.25, -0.2) is 0 Å². The van der Waals surface area contributed by atoms with Gasteiger partial charge in [-0.1, -0.05) is 12.1 Å². The van der Waals surface area contributed by atoms with Gasteiger partial charge in [0.15, 0.2) is 23.0 Å². The predicted octanol–water partition coefficient (Wildman–Crippen LogP) is 3.48. The maximum absolute atomic E-state index is 6.63. The Bertz CT molecular complexity index is 812. The predicted molar refractivity (Wildman–Crippen MR) is 102 cm³/mol. The molecule has 4 atom stereocenters. The van der Waals surface area contributed by atoms with Crippen molar-refractivity contribution in [2.45, 2.75) is 12.2 Å². The highest BCUT2D eigenvalue weighted by Crippen LogP contribution is 2.51. The molecular weight excluding hydrogens is 376 g/mol. The fourth-order valence-corrected chi connectivity index (χ4v) is 4.45. The molecular formula is C22H24O7. The monoisotopic (exact) mass is 400 g/mol. The highest BCUT2D eigenvalue weighted by atomic mass is 16.7. The molecule has 154 valence electrons. The van der Waals surface area contributed by atoms with E-state index in [-0.39, 0.29) is 37.6 Å². The maximum Gasteiger partial charge on any atom is 0.231 e. The lowest BCUT2D eigenvalue weighted by Crippen LogP contribution is -2.25. The Labute approximate surface area is 169 Å². The molecule has 0 unspecified atom stereocenters. The van der Waals surface area contributed by atoms with Gasteiger partial charge < -0.3 is 33.2 Å². The van der Waals surface area contributed by atoms with E-state index in [1.54, 1.807) is 14.2 Å². The normalized spacial score (nSPS) is 26.8. The molecule has 7 heteroatoms. The summed E-state index contributed by atoms with van der Waals surface area (Å²) >= 11 is 0. The average molecular weight is 400 g/mol. The van der Waals surface area contributed by atoms with Crippen molar-refractivity contribution in [3.05, 3.63) is 47.5 Å². The van der Waals surface area contributed by atoms with Crippen LogP contribution in [-0.4, -0.2) is 41.0 Å². The molecule has 0 bridgehead atoms. The summed E-state index contributed by atoms with van der Waals surface area (Å²) in [6, 6.07) is 11.9. The third kappa shape index (κ3) is 3.29. The van der Waals surface area contributed by atoms with Gasteiger partial charge in [0.2, 0.25) is 13.6 Å². The number of methoxy groups -OCH3 is 2. The second-order valence-corrected chi connectivity index (χ2v) is 7.44. The Morgan fingerprint density at radius 3 is 1.59 bits per heavy atom. The van der Waals surface area contributed by atoms with Crippen molar-refractivity contribution in [3.63, 3.8) is 0 Å². The third-order valence-corrected chi connectivity index (χ3v) is 5.79. The van der Waals surface area contributed by atoms with Crippen LogP contribution >= 0.6 is 0 Å². The topological polar surface area (TPSA) is 64.6 Å². The van der Waals surface area contributed by atoms with Crippen LogP contribution < -0.4 is 18.9 Å². The van der Waals surface area contributed by atoms with Gasteiger partial charge in [0.05, 0.1) is 25.4 Å². The summed E-state index contributed by atoms with van der Waals surface area (Å²) in [6.45, 7) is 1.62.